The molecule has 32 heavy (non-hydrogen) atoms. The highest BCUT2D eigenvalue weighted by Crippen LogP contribution is 2.36. The van der Waals surface area contributed by atoms with Gasteiger partial charge in [-0.25, -0.2) is 15.0 Å². The zero-order valence-corrected chi connectivity index (χ0v) is 19.5. The predicted octanol–water partition coefficient (Wildman–Crippen LogP) is 6.03. The van der Waals surface area contributed by atoms with Gasteiger partial charge in [0.25, 0.3) is 5.91 Å². The molecule has 1 aliphatic rings. The minimum Gasteiger partial charge on any atom is -0.340 e. The van der Waals surface area contributed by atoms with Gasteiger partial charge in [0.05, 0.1) is 32.9 Å². The molecule has 4 aromatic rings. The van der Waals surface area contributed by atoms with Gasteiger partial charge >= 0.3 is 0 Å². The van der Waals surface area contributed by atoms with Gasteiger partial charge in [-0.2, -0.15) is 0 Å². The van der Waals surface area contributed by atoms with Crippen LogP contribution in [0, 0.1) is 0 Å². The Balaban J connectivity index is 1.52. The number of aromatic nitrogens is 4. The monoisotopic (exact) mass is 483 g/mol. The quantitative estimate of drug-likeness (QED) is 0.358. The van der Waals surface area contributed by atoms with Crippen molar-refractivity contribution in [1.82, 2.24) is 24.8 Å². The fourth-order valence-electron chi connectivity index (χ4n) is 4.16. The van der Waals surface area contributed by atoms with E-state index in [4.69, 9.17) is 28.2 Å². The normalized spacial score (nSPS) is 16.1. The van der Waals surface area contributed by atoms with Gasteiger partial charge in [-0.15, -0.1) is 11.8 Å². The van der Waals surface area contributed by atoms with E-state index < -0.39 is 0 Å². The topological polar surface area (TPSA) is 74.8 Å². The van der Waals surface area contributed by atoms with E-state index in [0.29, 0.717) is 33.4 Å². The molecule has 1 unspecified atom stereocenters. The molecular formula is C23H19Cl2N5OS. The standard InChI is InChI=1S/C23H19Cl2N5OS/c1-32-19-6-2-4-17-21(19)29-22(28-17)18-5-3-9-30(18)23(31)14-11-26-12-27-20(14)13-7-8-15(24)16(25)10-13/h2,4,6-8,10-12,18H,3,5,9H2,1H3,(H,28,29). The van der Waals surface area contributed by atoms with Crippen molar-refractivity contribution in [2.45, 2.75) is 23.8 Å². The van der Waals surface area contributed by atoms with E-state index in [9.17, 15) is 4.79 Å². The summed E-state index contributed by atoms with van der Waals surface area (Å²) >= 11 is 13.9. The van der Waals surface area contributed by atoms with Crippen molar-refractivity contribution in [2.75, 3.05) is 12.8 Å². The molecule has 0 bridgehead atoms. The summed E-state index contributed by atoms with van der Waals surface area (Å²) in [5, 5.41) is 0.860. The number of benzene rings is 2. The summed E-state index contributed by atoms with van der Waals surface area (Å²) in [5.41, 5.74) is 3.59. The van der Waals surface area contributed by atoms with Crippen LogP contribution in [0.1, 0.15) is 35.1 Å². The number of carbonyl (C=O) groups is 1. The molecule has 1 amide bonds. The molecule has 0 aliphatic carbocycles. The lowest BCUT2D eigenvalue weighted by Crippen LogP contribution is -2.31. The molecule has 1 atom stereocenters. The molecular weight excluding hydrogens is 465 g/mol. The van der Waals surface area contributed by atoms with E-state index in [0.717, 1.165) is 34.6 Å². The summed E-state index contributed by atoms with van der Waals surface area (Å²) in [5.74, 6) is 0.681. The number of carbonyl (C=O) groups excluding carboxylic acids is 1. The molecule has 6 nitrogen and oxygen atoms in total. The van der Waals surface area contributed by atoms with Crippen LogP contribution < -0.4 is 0 Å². The van der Waals surface area contributed by atoms with Crippen molar-refractivity contribution in [2.24, 2.45) is 0 Å². The Hall–Kier alpha value is -2.61. The van der Waals surface area contributed by atoms with Crippen molar-refractivity contribution in [1.29, 1.82) is 0 Å². The number of imidazole rings is 1. The molecule has 162 valence electrons. The summed E-state index contributed by atoms with van der Waals surface area (Å²) < 4.78 is 0. The van der Waals surface area contributed by atoms with Crippen molar-refractivity contribution in [3.8, 4) is 11.3 Å². The number of likely N-dealkylation sites (tertiary alicyclic amines) is 1. The van der Waals surface area contributed by atoms with E-state index in [1.165, 1.54) is 6.33 Å². The fourth-order valence-corrected chi connectivity index (χ4v) is 5.02. The lowest BCUT2D eigenvalue weighted by molar-refractivity contribution is 0.0730. The van der Waals surface area contributed by atoms with Gasteiger partial charge in [0.2, 0.25) is 0 Å². The maximum Gasteiger partial charge on any atom is 0.258 e. The van der Waals surface area contributed by atoms with E-state index in [1.807, 2.05) is 23.3 Å². The molecule has 1 saturated heterocycles. The molecule has 0 spiro atoms. The third-order valence-electron chi connectivity index (χ3n) is 5.68. The number of nitrogens with one attached hydrogen (secondary N) is 1. The molecule has 5 rings (SSSR count). The summed E-state index contributed by atoms with van der Waals surface area (Å²) in [6.07, 6.45) is 6.77. The average molecular weight is 484 g/mol. The number of nitrogens with zero attached hydrogens (tertiary/aromatic N) is 4. The molecule has 0 saturated carbocycles. The number of amides is 1. The summed E-state index contributed by atoms with van der Waals surface area (Å²) in [7, 11) is 0. The number of H-pyrrole nitrogens is 1. The molecule has 0 radical (unpaired) electrons. The summed E-state index contributed by atoms with van der Waals surface area (Å²) in [4.78, 5) is 33.4. The second kappa shape index (κ2) is 8.73. The van der Waals surface area contributed by atoms with Gasteiger partial charge < -0.3 is 9.88 Å². The van der Waals surface area contributed by atoms with Gasteiger partial charge in [-0.1, -0.05) is 35.3 Å². The van der Waals surface area contributed by atoms with Gasteiger partial charge in [-0.05, 0) is 43.4 Å². The number of fused-ring (bicyclic) bond motifs is 1. The Morgan fingerprint density at radius 3 is 2.91 bits per heavy atom. The van der Waals surface area contributed by atoms with Crippen LogP contribution in [0.5, 0.6) is 0 Å². The Morgan fingerprint density at radius 2 is 2.09 bits per heavy atom. The molecule has 1 N–H and O–H groups in total. The molecule has 2 aromatic carbocycles. The maximum atomic E-state index is 13.7. The Kier molecular flexibility index (Phi) is 5.80. The Labute approximate surface area is 199 Å². The van der Waals surface area contributed by atoms with Crippen LogP contribution in [0.25, 0.3) is 22.3 Å². The van der Waals surface area contributed by atoms with E-state index in [1.54, 1.807) is 36.2 Å². The van der Waals surface area contributed by atoms with Crippen molar-refractivity contribution in [3.63, 3.8) is 0 Å². The summed E-state index contributed by atoms with van der Waals surface area (Å²) in [6.45, 7) is 0.644. The first-order valence-corrected chi connectivity index (χ1v) is 12.1. The number of rotatable bonds is 4. The third-order valence-corrected chi connectivity index (χ3v) is 7.19. The first kappa shape index (κ1) is 21.2. The highest BCUT2D eigenvalue weighted by Gasteiger charge is 2.34. The van der Waals surface area contributed by atoms with Gasteiger partial charge in [0.1, 0.15) is 17.7 Å². The van der Waals surface area contributed by atoms with E-state index in [2.05, 4.69) is 21.0 Å². The SMILES string of the molecule is CSc1cccc2[nH]c(C3CCCN3C(=O)c3cncnc3-c3ccc(Cl)c(Cl)c3)nc12. The van der Waals surface area contributed by atoms with Crippen LogP contribution >= 0.6 is 35.0 Å². The smallest absolute Gasteiger partial charge is 0.258 e. The Bertz CT molecular complexity index is 1320. The lowest BCUT2D eigenvalue weighted by Gasteiger charge is -2.24. The molecule has 3 heterocycles. The summed E-state index contributed by atoms with van der Waals surface area (Å²) in [6, 6.07) is 11.2. The van der Waals surface area contributed by atoms with Gasteiger partial charge in [0, 0.05) is 23.2 Å². The van der Waals surface area contributed by atoms with Crippen LogP contribution in [-0.4, -0.2) is 43.5 Å². The van der Waals surface area contributed by atoms with E-state index in [-0.39, 0.29) is 11.9 Å². The average Bonchev–Trinajstić information content (AvgIpc) is 3.47. The second-order valence-electron chi connectivity index (χ2n) is 7.55. The predicted molar refractivity (Wildman–Crippen MR) is 128 cm³/mol. The molecule has 1 fully saturated rings. The zero-order chi connectivity index (χ0) is 22.2. The number of aromatic amines is 1. The van der Waals surface area contributed by atoms with Crippen molar-refractivity contribution in [3.05, 3.63) is 70.4 Å². The van der Waals surface area contributed by atoms with Crippen molar-refractivity contribution < 1.29 is 4.79 Å². The fraction of sp³-hybridized carbons (Fsp3) is 0.217. The zero-order valence-electron chi connectivity index (χ0n) is 17.2. The molecule has 1 aliphatic heterocycles. The first-order valence-electron chi connectivity index (χ1n) is 10.2. The minimum absolute atomic E-state index is 0.125. The minimum atomic E-state index is -0.133. The lowest BCUT2D eigenvalue weighted by atomic mass is 10.1. The maximum absolute atomic E-state index is 13.7. The Morgan fingerprint density at radius 1 is 1.22 bits per heavy atom. The number of hydrogen-bond acceptors (Lipinski definition) is 5. The number of thioether (sulfide) groups is 1. The van der Waals surface area contributed by atoms with Gasteiger partial charge in [-0.3, -0.25) is 4.79 Å². The molecule has 2 aromatic heterocycles. The van der Waals surface area contributed by atoms with Crippen LogP contribution in [0.15, 0.2) is 53.8 Å². The van der Waals surface area contributed by atoms with Crippen LogP contribution in [0.4, 0.5) is 0 Å². The highest BCUT2D eigenvalue weighted by molar-refractivity contribution is 7.98. The number of hydrogen-bond donors (Lipinski definition) is 1. The second-order valence-corrected chi connectivity index (χ2v) is 9.21. The third kappa shape index (κ3) is 3.74. The largest absolute Gasteiger partial charge is 0.340 e. The number of para-hydroxylation sites is 1. The molecule has 9 heteroatoms. The van der Waals surface area contributed by atoms with E-state index >= 15 is 0 Å². The van der Waals surface area contributed by atoms with Gasteiger partial charge in [0.15, 0.2) is 0 Å². The van der Waals surface area contributed by atoms with Crippen LogP contribution in [0.2, 0.25) is 10.0 Å². The first-order chi connectivity index (χ1) is 15.6. The highest BCUT2D eigenvalue weighted by atomic mass is 35.5. The van der Waals surface area contributed by atoms with Crippen molar-refractivity contribution >= 4 is 51.9 Å². The van der Waals surface area contributed by atoms with Crippen LogP contribution in [-0.2, 0) is 0 Å². The van der Waals surface area contributed by atoms with Crippen LogP contribution in [0.3, 0.4) is 0 Å². The number of halogens is 2.